The van der Waals surface area contributed by atoms with E-state index in [2.05, 4.69) is 0 Å². The van der Waals surface area contributed by atoms with E-state index in [0.29, 0.717) is 22.0 Å². The molecule has 1 amide bonds. The first-order chi connectivity index (χ1) is 16.6. The van der Waals surface area contributed by atoms with Crippen LogP contribution in [0.1, 0.15) is 18.2 Å². The minimum absolute atomic E-state index is 0.0388. The normalized spacial score (nSPS) is 11.3. The highest BCUT2D eigenvalue weighted by Gasteiger charge is 2.19. The highest BCUT2D eigenvalue weighted by molar-refractivity contribution is 7.90. The summed E-state index contributed by atoms with van der Waals surface area (Å²) in [5.41, 5.74) is 3.66. The van der Waals surface area contributed by atoms with Crippen LogP contribution in [0.25, 0.3) is 16.9 Å². The molecule has 4 aromatic rings. The van der Waals surface area contributed by atoms with E-state index in [-0.39, 0.29) is 17.3 Å². The molecule has 9 heteroatoms. The Balaban J connectivity index is 1.75. The second-order valence-electron chi connectivity index (χ2n) is 7.91. The molecule has 1 heterocycles. The van der Waals surface area contributed by atoms with Crippen LogP contribution < -0.4 is 9.46 Å². The van der Waals surface area contributed by atoms with E-state index >= 15 is 0 Å². The average molecular weight is 513 g/mol. The minimum Gasteiger partial charge on any atom is -0.488 e. The van der Waals surface area contributed by atoms with Gasteiger partial charge in [-0.1, -0.05) is 29.8 Å². The van der Waals surface area contributed by atoms with Crippen molar-refractivity contribution in [2.75, 3.05) is 0 Å². The van der Waals surface area contributed by atoms with Gasteiger partial charge in [-0.3, -0.25) is 4.79 Å². The molecular formula is C26H22ClFN2O4S. The summed E-state index contributed by atoms with van der Waals surface area (Å²) in [4.78, 5) is 11.3. The Kier molecular flexibility index (Phi) is 6.95. The molecule has 0 aliphatic heterocycles. The van der Waals surface area contributed by atoms with E-state index in [1.54, 1.807) is 42.5 Å². The number of nitrogens with zero attached hydrogens (tertiary/aromatic N) is 1. The van der Waals surface area contributed by atoms with Crippen LogP contribution in [0.2, 0.25) is 5.02 Å². The van der Waals surface area contributed by atoms with Crippen LogP contribution >= 0.6 is 11.6 Å². The summed E-state index contributed by atoms with van der Waals surface area (Å²) in [6.45, 7) is 3.25. The number of benzene rings is 3. The molecule has 0 aliphatic rings. The molecule has 0 atom stereocenters. The summed E-state index contributed by atoms with van der Waals surface area (Å²) < 4.78 is 48.2. The molecule has 0 fully saturated rings. The van der Waals surface area contributed by atoms with Gasteiger partial charge in [-0.15, -0.1) is 0 Å². The lowest BCUT2D eigenvalue weighted by molar-refractivity contribution is -0.117. The largest absolute Gasteiger partial charge is 0.488 e. The number of nitrogens with one attached hydrogen (secondary N) is 1. The van der Waals surface area contributed by atoms with Crippen LogP contribution in [-0.2, 0) is 21.4 Å². The summed E-state index contributed by atoms with van der Waals surface area (Å²) in [6.07, 6.45) is 0. The highest BCUT2D eigenvalue weighted by Crippen LogP contribution is 2.36. The second kappa shape index (κ2) is 9.93. The first-order valence-electron chi connectivity index (χ1n) is 10.6. The van der Waals surface area contributed by atoms with Gasteiger partial charge in [0.15, 0.2) is 0 Å². The number of sulfonamides is 1. The number of halogens is 2. The summed E-state index contributed by atoms with van der Waals surface area (Å²) in [6, 6.07) is 21.4. The van der Waals surface area contributed by atoms with Crippen LogP contribution in [-0.4, -0.2) is 18.9 Å². The fourth-order valence-corrected chi connectivity index (χ4v) is 4.90. The van der Waals surface area contributed by atoms with Crippen molar-refractivity contribution in [3.05, 3.63) is 101 Å². The Bertz CT molecular complexity index is 1500. The Morgan fingerprint density at radius 3 is 2.49 bits per heavy atom. The highest BCUT2D eigenvalue weighted by atomic mass is 35.5. The van der Waals surface area contributed by atoms with Crippen LogP contribution in [0.15, 0.2) is 83.8 Å². The Hall–Kier alpha value is -3.62. The average Bonchev–Trinajstić information content (AvgIpc) is 3.19. The zero-order valence-electron chi connectivity index (χ0n) is 19.0. The SMILES string of the molecule is CC(=O)NS(=O)(=O)c1cccc(-n2c(C)ccc2-c2cc(Cl)ccc2OCc2ccc(F)cc2)c1. The Morgan fingerprint density at radius 2 is 1.77 bits per heavy atom. The molecule has 0 radical (unpaired) electrons. The molecule has 0 saturated carbocycles. The molecule has 0 spiro atoms. The van der Waals surface area contributed by atoms with Gasteiger partial charge in [0.05, 0.1) is 10.6 Å². The first-order valence-corrected chi connectivity index (χ1v) is 12.5. The van der Waals surface area contributed by atoms with Crippen molar-refractivity contribution in [3.8, 4) is 22.7 Å². The molecule has 0 saturated heterocycles. The number of aryl methyl sites for hydroxylation is 1. The lowest BCUT2D eigenvalue weighted by Gasteiger charge is -2.17. The summed E-state index contributed by atoms with van der Waals surface area (Å²) in [5, 5.41) is 0.501. The zero-order valence-corrected chi connectivity index (χ0v) is 20.5. The predicted molar refractivity (Wildman–Crippen MR) is 133 cm³/mol. The van der Waals surface area contributed by atoms with Gasteiger partial charge in [0, 0.05) is 28.9 Å². The van der Waals surface area contributed by atoms with Crippen LogP contribution in [0, 0.1) is 12.7 Å². The molecule has 1 N–H and O–H groups in total. The molecular weight excluding hydrogens is 491 g/mol. The van der Waals surface area contributed by atoms with Crippen molar-refractivity contribution >= 4 is 27.5 Å². The van der Waals surface area contributed by atoms with Gasteiger partial charge in [0.1, 0.15) is 18.2 Å². The number of ether oxygens (including phenoxy) is 1. The van der Waals surface area contributed by atoms with E-state index < -0.39 is 15.9 Å². The third-order valence-corrected chi connectivity index (χ3v) is 6.93. The van der Waals surface area contributed by atoms with Crippen molar-refractivity contribution in [1.29, 1.82) is 0 Å². The number of aromatic nitrogens is 1. The van der Waals surface area contributed by atoms with Gasteiger partial charge >= 0.3 is 0 Å². The second-order valence-corrected chi connectivity index (χ2v) is 10.0. The topological polar surface area (TPSA) is 77.4 Å². The van der Waals surface area contributed by atoms with Gasteiger partial charge in [0.25, 0.3) is 10.0 Å². The predicted octanol–water partition coefficient (Wildman–Crippen LogP) is 5.65. The van der Waals surface area contributed by atoms with E-state index in [4.69, 9.17) is 16.3 Å². The molecule has 4 rings (SSSR count). The van der Waals surface area contributed by atoms with E-state index in [1.807, 2.05) is 28.3 Å². The fourth-order valence-electron chi connectivity index (χ4n) is 3.70. The molecule has 0 bridgehead atoms. The number of rotatable bonds is 7. The van der Waals surface area contributed by atoms with Gasteiger partial charge in [-0.05, 0) is 73.2 Å². The van der Waals surface area contributed by atoms with Crippen molar-refractivity contribution in [1.82, 2.24) is 9.29 Å². The van der Waals surface area contributed by atoms with E-state index in [9.17, 15) is 17.6 Å². The van der Waals surface area contributed by atoms with E-state index in [1.165, 1.54) is 24.3 Å². The van der Waals surface area contributed by atoms with Crippen molar-refractivity contribution in [3.63, 3.8) is 0 Å². The summed E-state index contributed by atoms with van der Waals surface area (Å²) in [7, 11) is -4.01. The standard InChI is InChI=1S/C26H22ClFN2O4S/c1-17-6-12-25(30(17)22-4-3-5-23(15-22)35(32,33)29-18(2)31)24-14-20(27)9-13-26(24)34-16-19-7-10-21(28)11-8-19/h3-15H,16H2,1-2H3,(H,29,31). The maximum Gasteiger partial charge on any atom is 0.264 e. The van der Waals surface area contributed by atoms with Crippen molar-refractivity contribution < 1.29 is 22.3 Å². The lowest BCUT2D eigenvalue weighted by Crippen LogP contribution is -2.28. The smallest absolute Gasteiger partial charge is 0.264 e. The number of carbonyl (C=O) groups excluding carboxylic acids is 1. The van der Waals surface area contributed by atoms with Crippen LogP contribution in [0.4, 0.5) is 4.39 Å². The van der Waals surface area contributed by atoms with Crippen molar-refractivity contribution in [2.24, 2.45) is 0 Å². The van der Waals surface area contributed by atoms with Crippen LogP contribution in [0.5, 0.6) is 5.75 Å². The monoisotopic (exact) mass is 512 g/mol. The Labute approximate surface area is 208 Å². The summed E-state index contributed by atoms with van der Waals surface area (Å²) in [5.74, 6) is -0.438. The van der Waals surface area contributed by atoms with Gasteiger partial charge < -0.3 is 9.30 Å². The van der Waals surface area contributed by atoms with Gasteiger partial charge in [0.2, 0.25) is 5.91 Å². The molecule has 3 aromatic carbocycles. The minimum atomic E-state index is -4.01. The number of hydrogen-bond donors (Lipinski definition) is 1. The van der Waals surface area contributed by atoms with E-state index in [0.717, 1.165) is 23.9 Å². The maximum absolute atomic E-state index is 13.2. The molecule has 0 unspecified atom stereocenters. The fraction of sp³-hybridized carbons (Fsp3) is 0.115. The quantitative estimate of drug-likeness (QED) is 0.347. The summed E-state index contributed by atoms with van der Waals surface area (Å²) >= 11 is 6.31. The zero-order chi connectivity index (χ0) is 25.2. The van der Waals surface area contributed by atoms with Gasteiger partial charge in [-0.2, -0.15) is 0 Å². The van der Waals surface area contributed by atoms with Gasteiger partial charge in [-0.25, -0.2) is 17.5 Å². The first kappa shape index (κ1) is 24.5. The molecule has 1 aromatic heterocycles. The maximum atomic E-state index is 13.2. The Morgan fingerprint density at radius 1 is 1.03 bits per heavy atom. The number of hydrogen-bond acceptors (Lipinski definition) is 4. The van der Waals surface area contributed by atoms with Crippen molar-refractivity contribution in [2.45, 2.75) is 25.3 Å². The molecule has 180 valence electrons. The number of amides is 1. The lowest BCUT2D eigenvalue weighted by atomic mass is 10.1. The molecule has 0 aliphatic carbocycles. The third kappa shape index (κ3) is 5.55. The molecule has 6 nitrogen and oxygen atoms in total. The third-order valence-electron chi connectivity index (χ3n) is 5.27. The number of carbonyl (C=O) groups is 1. The van der Waals surface area contributed by atoms with Crippen LogP contribution in [0.3, 0.4) is 0 Å². The molecule has 35 heavy (non-hydrogen) atoms.